The van der Waals surface area contributed by atoms with Crippen molar-refractivity contribution in [3.05, 3.63) is 34.5 Å². The maximum Gasteiger partial charge on any atom is 0.339 e. The van der Waals surface area contributed by atoms with E-state index in [-0.39, 0.29) is 11.3 Å². The topological polar surface area (TPSA) is 81.1 Å². The maximum atomic E-state index is 11.3. The van der Waals surface area contributed by atoms with Crippen molar-refractivity contribution in [3.63, 3.8) is 0 Å². The maximum absolute atomic E-state index is 11.3. The number of halogens is 1. The predicted molar refractivity (Wildman–Crippen MR) is 79.3 cm³/mol. The lowest BCUT2D eigenvalue weighted by Crippen LogP contribution is -2.08. The Labute approximate surface area is 119 Å². The number of pyridine rings is 1. The van der Waals surface area contributed by atoms with Crippen molar-refractivity contribution in [2.45, 2.75) is 6.92 Å². The molecule has 3 aromatic rings. The lowest BCUT2D eigenvalue weighted by atomic mass is 10.1. The number of hydrogen-bond donors (Lipinski definition) is 2. The molecule has 0 aliphatic carbocycles. The molecular weight excluding hydrogens is 278 g/mol. The molecule has 20 heavy (non-hydrogen) atoms. The van der Waals surface area contributed by atoms with Crippen LogP contribution in [0.4, 0.5) is 5.69 Å². The Balaban J connectivity index is 2.62. The number of nitrogens with zero attached hydrogens (tertiary/aromatic N) is 2. The number of carbonyl (C=O) groups is 1. The zero-order chi connectivity index (χ0) is 14.6. The highest BCUT2D eigenvalue weighted by Crippen LogP contribution is 2.35. The summed E-state index contributed by atoms with van der Waals surface area (Å²) in [5.74, 6) is -1.08. The van der Waals surface area contributed by atoms with Gasteiger partial charge in [-0.2, -0.15) is 0 Å². The van der Waals surface area contributed by atoms with E-state index in [1.807, 2.05) is 17.7 Å². The number of nitrogens with two attached hydrogens (primary N) is 1. The second-order valence-corrected chi connectivity index (χ2v) is 5.15. The summed E-state index contributed by atoms with van der Waals surface area (Å²) in [7, 11) is 1.87. The van der Waals surface area contributed by atoms with Crippen molar-refractivity contribution in [1.82, 2.24) is 9.55 Å². The van der Waals surface area contributed by atoms with Gasteiger partial charge in [-0.05, 0) is 25.1 Å². The number of nitrogen functional groups attached to an aromatic ring is 1. The van der Waals surface area contributed by atoms with Gasteiger partial charge in [0.05, 0.1) is 22.3 Å². The molecular formula is C14H12ClN3O2. The van der Waals surface area contributed by atoms with Crippen molar-refractivity contribution in [1.29, 1.82) is 0 Å². The second kappa shape index (κ2) is 4.11. The van der Waals surface area contributed by atoms with Crippen LogP contribution in [0, 0.1) is 6.92 Å². The number of rotatable bonds is 1. The number of benzene rings is 1. The molecule has 0 aliphatic rings. The van der Waals surface area contributed by atoms with Gasteiger partial charge in [-0.25, -0.2) is 9.78 Å². The largest absolute Gasteiger partial charge is 0.478 e. The summed E-state index contributed by atoms with van der Waals surface area (Å²) in [4.78, 5) is 15.7. The van der Waals surface area contributed by atoms with Crippen LogP contribution in [0.5, 0.6) is 0 Å². The number of hydrogen-bond acceptors (Lipinski definition) is 3. The van der Waals surface area contributed by atoms with Gasteiger partial charge < -0.3 is 15.4 Å². The second-order valence-electron chi connectivity index (χ2n) is 4.71. The molecule has 0 saturated heterocycles. The van der Waals surface area contributed by atoms with Crippen LogP contribution in [0.2, 0.25) is 5.02 Å². The number of carboxylic acids is 1. The average Bonchev–Trinajstić information content (AvgIpc) is 2.62. The molecule has 0 bridgehead atoms. The number of aryl methyl sites for hydroxylation is 2. The SMILES string of the molecule is Cc1nc2c(c(N)c1C(=O)O)c1cc(Cl)ccc1n2C. The number of carboxylic acid groups (broad SMARTS) is 1. The van der Waals surface area contributed by atoms with Crippen molar-refractivity contribution >= 4 is 45.2 Å². The van der Waals surface area contributed by atoms with Gasteiger partial charge in [-0.1, -0.05) is 11.6 Å². The number of aromatic carboxylic acids is 1. The van der Waals surface area contributed by atoms with Crippen LogP contribution < -0.4 is 5.73 Å². The quantitative estimate of drug-likeness (QED) is 0.721. The van der Waals surface area contributed by atoms with E-state index in [4.69, 9.17) is 17.3 Å². The highest BCUT2D eigenvalue weighted by atomic mass is 35.5. The molecule has 1 aromatic carbocycles. The molecule has 0 unspecified atom stereocenters. The minimum Gasteiger partial charge on any atom is -0.478 e. The summed E-state index contributed by atoms with van der Waals surface area (Å²) >= 11 is 6.03. The van der Waals surface area contributed by atoms with Gasteiger partial charge in [0, 0.05) is 17.5 Å². The van der Waals surface area contributed by atoms with Crippen molar-refractivity contribution in [3.8, 4) is 0 Å². The summed E-state index contributed by atoms with van der Waals surface area (Å²) in [6, 6.07) is 5.43. The van der Waals surface area contributed by atoms with Gasteiger partial charge in [0.25, 0.3) is 0 Å². The Kier molecular flexibility index (Phi) is 2.62. The Morgan fingerprint density at radius 1 is 1.45 bits per heavy atom. The molecule has 102 valence electrons. The molecule has 6 heteroatoms. The Hall–Kier alpha value is -2.27. The van der Waals surface area contributed by atoms with Crippen molar-refractivity contribution in [2.24, 2.45) is 7.05 Å². The molecule has 3 rings (SSSR count). The molecule has 5 nitrogen and oxygen atoms in total. The third-order valence-corrected chi connectivity index (χ3v) is 3.75. The van der Waals surface area contributed by atoms with E-state index >= 15 is 0 Å². The van der Waals surface area contributed by atoms with Crippen LogP contribution >= 0.6 is 11.6 Å². The Morgan fingerprint density at radius 2 is 2.15 bits per heavy atom. The minimum absolute atomic E-state index is 0.0463. The fourth-order valence-corrected chi connectivity index (χ4v) is 2.78. The fourth-order valence-electron chi connectivity index (χ4n) is 2.60. The zero-order valence-corrected chi connectivity index (χ0v) is 11.7. The molecule has 2 heterocycles. The fraction of sp³-hybridized carbons (Fsp3) is 0.143. The third kappa shape index (κ3) is 1.56. The highest BCUT2D eigenvalue weighted by molar-refractivity contribution is 6.32. The molecule has 0 amide bonds. The van der Waals surface area contributed by atoms with Gasteiger partial charge in [-0.15, -0.1) is 0 Å². The van der Waals surface area contributed by atoms with E-state index in [0.717, 1.165) is 10.9 Å². The predicted octanol–water partition coefficient (Wildman–Crippen LogP) is 2.97. The van der Waals surface area contributed by atoms with Gasteiger partial charge in [0.2, 0.25) is 0 Å². The molecule has 3 N–H and O–H groups in total. The average molecular weight is 290 g/mol. The van der Waals surface area contributed by atoms with E-state index in [1.54, 1.807) is 19.1 Å². The molecule has 2 aromatic heterocycles. The zero-order valence-electron chi connectivity index (χ0n) is 10.9. The first-order valence-corrected chi connectivity index (χ1v) is 6.36. The van der Waals surface area contributed by atoms with Gasteiger partial charge >= 0.3 is 5.97 Å². The summed E-state index contributed by atoms with van der Waals surface area (Å²) < 4.78 is 1.88. The van der Waals surface area contributed by atoms with Crippen LogP contribution in [-0.4, -0.2) is 20.6 Å². The molecule has 0 saturated carbocycles. The molecule has 0 radical (unpaired) electrons. The van der Waals surface area contributed by atoms with Crippen LogP contribution in [0.15, 0.2) is 18.2 Å². The van der Waals surface area contributed by atoms with E-state index in [1.165, 1.54) is 0 Å². The van der Waals surface area contributed by atoms with E-state index < -0.39 is 5.97 Å². The molecule has 0 atom stereocenters. The van der Waals surface area contributed by atoms with Crippen LogP contribution in [-0.2, 0) is 7.05 Å². The monoisotopic (exact) mass is 289 g/mol. The van der Waals surface area contributed by atoms with Crippen LogP contribution in [0.25, 0.3) is 21.9 Å². The van der Waals surface area contributed by atoms with Crippen molar-refractivity contribution < 1.29 is 9.90 Å². The Morgan fingerprint density at radius 3 is 2.80 bits per heavy atom. The van der Waals surface area contributed by atoms with E-state index in [2.05, 4.69) is 4.98 Å². The summed E-state index contributed by atoms with van der Waals surface area (Å²) in [5.41, 5.74) is 8.31. The highest BCUT2D eigenvalue weighted by Gasteiger charge is 2.20. The van der Waals surface area contributed by atoms with Gasteiger partial charge in [0.1, 0.15) is 11.2 Å². The lowest BCUT2D eigenvalue weighted by Gasteiger charge is -2.06. The number of fused-ring (bicyclic) bond motifs is 3. The summed E-state index contributed by atoms with van der Waals surface area (Å²) in [6.45, 7) is 1.64. The van der Waals surface area contributed by atoms with Gasteiger partial charge in [-0.3, -0.25) is 0 Å². The van der Waals surface area contributed by atoms with Gasteiger partial charge in [0.15, 0.2) is 0 Å². The molecule has 0 fully saturated rings. The lowest BCUT2D eigenvalue weighted by molar-refractivity contribution is 0.0697. The smallest absolute Gasteiger partial charge is 0.339 e. The third-order valence-electron chi connectivity index (χ3n) is 3.52. The molecule has 0 aliphatic heterocycles. The van der Waals surface area contributed by atoms with Crippen LogP contribution in [0.1, 0.15) is 16.1 Å². The number of aromatic nitrogens is 2. The summed E-state index contributed by atoms with van der Waals surface area (Å²) in [5, 5.41) is 11.3. The standard InChI is InChI=1S/C14H12ClN3O2/c1-6-10(14(19)20)12(16)11-8-5-7(15)3-4-9(8)18(2)13(11)17-6/h3-5H,1-2H3,(H2,16,17)(H,19,20). The minimum atomic E-state index is -1.08. The summed E-state index contributed by atoms with van der Waals surface area (Å²) in [6.07, 6.45) is 0. The first kappa shape index (κ1) is 12.7. The first-order valence-electron chi connectivity index (χ1n) is 5.99. The molecule has 0 spiro atoms. The first-order chi connectivity index (χ1) is 9.41. The van der Waals surface area contributed by atoms with Crippen LogP contribution in [0.3, 0.4) is 0 Å². The van der Waals surface area contributed by atoms with E-state index in [0.29, 0.717) is 21.7 Å². The Bertz CT molecular complexity index is 883. The normalized spacial score (nSPS) is 11.3. The van der Waals surface area contributed by atoms with Crippen molar-refractivity contribution in [2.75, 3.05) is 5.73 Å². The van der Waals surface area contributed by atoms with E-state index in [9.17, 15) is 9.90 Å². The number of anilines is 1.